The lowest BCUT2D eigenvalue weighted by atomic mass is 9.96. The van der Waals surface area contributed by atoms with Gasteiger partial charge in [-0.25, -0.2) is 4.98 Å². The molecule has 1 aromatic heterocycles. The smallest absolute Gasteiger partial charge is 0.129 e. The van der Waals surface area contributed by atoms with E-state index in [4.69, 9.17) is 4.98 Å². The zero-order valence-corrected chi connectivity index (χ0v) is 13.2. The molecule has 116 valence electrons. The van der Waals surface area contributed by atoms with Crippen LogP contribution in [0.3, 0.4) is 0 Å². The van der Waals surface area contributed by atoms with E-state index in [1.165, 1.54) is 38.5 Å². The second-order valence-corrected chi connectivity index (χ2v) is 6.68. The molecule has 1 aliphatic heterocycles. The van der Waals surface area contributed by atoms with Crippen LogP contribution in [0.5, 0.6) is 0 Å². The lowest BCUT2D eigenvalue weighted by Gasteiger charge is -2.31. The van der Waals surface area contributed by atoms with Crippen molar-refractivity contribution in [1.29, 1.82) is 0 Å². The van der Waals surface area contributed by atoms with Gasteiger partial charge in [0.1, 0.15) is 5.82 Å². The van der Waals surface area contributed by atoms with Crippen LogP contribution in [-0.4, -0.2) is 22.7 Å². The minimum absolute atomic E-state index is 0.119. The SMILES string of the molecule is CCCc1cc(CO)cc(N2CCCC2C2CCCC2)n1. The second-order valence-electron chi connectivity index (χ2n) is 6.68. The molecule has 3 nitrogen and oxygen atoms in total. The summed E-state index contributed by atoms with van der Waals surface area (Å²) in [5.74, 6) is 1.97. The molecule has 1 unspecified atom stereocenters. The summed E-state index contributed by atoms with van der Waals surface area (Å²) < 4.78 is 0. The van der Waals surface area contributed by atoms with Crippen molar-refractivity contribution >= 4 is 5.82 Å². The Morgan fingerprint density at radius 1 is 1.19 bits per heavy atom. The molecule has 0 aromatic carbocycles. The van der Waals surface area contributed by atoms with Gasteiger partial charge in [0.25, 0.3) is 0 Å². The third kappa shape index (κ3) is 3.23. The lowest BCUT2D eigenvalue weighted by molar-refractivity contribution is 0.281. The van der Waals surface area contributed by atoms with Crippen LogP contribution in [-0.2, 0) is 13.0 Å². The van der Waals surface area contributed by atoms with Crippen LogP contribution < -0.4 is 4.90 Å². The number of anilines is 1. The summed E-state index contributed by atoms with van der Waals surface area (Å²) >= 11 is 0. The Kier molecular flexibility index (Phi) is 4.79. The maximum absolute atomic E-state index is 9.53. The molecule has 0 bridgehead atoms. The van der Waals surface area contributed by atoms with Crippen LogP contribution in [0.25, 0.3) is 0 Å². The molecule has 0 spiro atoms. The Bertz CT molecular complexity index is 468. The normalized spacial score (nSPS) is 23.1. The van der Waals surface area contributed by atoms with Crippen molar-refractivity contribution in [2.75, 3.05) is 11.4 Å². The van der Waals surface area contributed by atoms with Crippen molar-refractivity contribution in [2.24, 2.45) is 5.92 Å². The van der Waals surface area contributed by atoms with Crippen molar-refractivity contribution in [3.05, 3.63) is 23.4 Å². The number of aliphatic hydroxyl groups is 1. The first-order valence-corrected chi connectivity index (χ1v) is 8.69. The van der Waals surface area contributed by atoms with Crippen molar-refractivity contribution < 1.29 is 5.11 Å². The summed E-state index contributed by atoms with van der Waals surface area (Å²) in [6, 6.07) is 4.85. The highest BCUT2D eigenvalue weighted by Crippen LogP contribution is 2.37. The Morgan fingerprint density at radius 2 is 2.00 bits per heavy atom. The molecule has 2 aliphatic rings. The average molecular weight is 288 g/mol. The maximum Gasteiger partial charge on any atom is 0.129 e. The van der Waals surface area contributed by atoms with E-state index in [9.17, 15) is 5.11 Å². The summed E-state index contributed by atoms with van der Waals surface area (Å²) in [6.45, 7) is 3.44. The number of pyridine rings is 1. The van der Waals surface area contributed by atoms with E-state index in [-0.39, 0.29) is 6.61 Å². The molecule has 3 rings (SSSR count). The highest BCUT2D eigenvalue weighted by atomic mass is 16.3. The molecule has 0 amide bonds. The molecule has 2 heterocycles. The third-order valence-electron chi connectivity index (χ3n) is 5.15. The molecule has 21 heavy (non-hydrogen) atoms. The van der Waals surface area contributed by atoms with Crippen molar-refractivity contribution in [1.82, 2.24) is 4.98 Å². The number of aliphatic hydroxyl groups excluding tert-OH is 1. The van der Waals surface area contributed by atoms with Crippen LogP contribution >= 0.6 is 0 Å². The van der Waals surface area contributed by atoms with Gasteiger partial charge < -0.3 is 10.0 Å². The summed E-state index contributed by atoms with van der Waals surface area (Å²) in [5, 5.41) is 9.53. The van der Waals surface area contributed by atoms with Gasteiger partial charge in [0.2, 0.25) is 0 Å². The number of aromatic nitrogens is 1. The van der Waals surface area contributed by atoms with E-state index >= 15 is 0 Å². The first kappa shape index (κ1) is 14.8. The fraction of sp³-hybridized carbons (Fsp3) is 0.722. The van der Waals surface area contributed by atoms with Crippen LogP contribution in [0.1, 0.15) is 63.1 Å². The van der Waals surface area contributed by atoms with Crippen LogP contribution in [0.2, 0.25) is 0 Å². The molecule has 1 aliphatic carbocycles. The number of aryl methyl sites for hydroxylation is 1. The highest BCUT2D eigenvalue weighted by Gasteiger charge is 2.34. The molecule has 0 radical (unpaired) electrons. The summed E-state index contributed by atoms with van der Waals surface area (Å²) in [6.07, 6.45) is 10.3. The highest BCUT2D eigenvalue weighted by molar-refractivity contribution is 5.45. The summed E-state index contributed by atoms with van der Waals surface area (Å²) in [5.41, 5.74) is 2.15. The summed E-state index contributed by atoms with van der Waals surface area (Å²) in [7, 11) is 0. The fourth-order valence-corrected chi connectivity index (χ4v) is 4.17. The number of hydrogen-bond donors (Lipinski definition) is 1. The van der Waals surface area contributed by atoms with E-state index in [2.05, 4.69) is 24.0 Å². The Balaban J connectivity index is 1.85. The average Bonchev–Trinajstić information content (AvgIpc) is 3.17. The minimum Gasteiger partial charge on any atom is -0.392 e. The molecule has 1 N–H and O–H groups in total. The van der Waals surface area contributed by atoms with Crippen molar-refractivity contribution in [3.8, 4) is 0 Å². The van der Waals surface area contributed by atoms with Crippen molar-refractivity contribution in [3.63, 3.8) is 0 Å². The van der Waals surface area contributed by atoms with Gasteiger partial charge in [0.15, 0.2) is 0 Å². The second kappa shape index (κ2) is 6.78. The molecule has 3 heteroatoms. The standard InChI is InChI=1S/C18H28N2O/c1-2-6-16-11-14(13-21)12-18(19-16)20-10-5-9-17(20)15-7-3-4-8-15/h11-12,15,17,21H,2-10,13H2,1H3. The van der Waals surface area contributed by atoms with Gasteiger partial charge in [0, 0.05) is 18.3 Å². The van der Waals surface area contributed by atoms with Crippen molar-refractivity contribution in [2.45, 2.75) is 70.9 Å². The van der Waals surface area contributed by atoms with E-state index < -0.39 is 0 Å². The molecule has 2 fully saturated rings. The third-order valence-corrected chi connectivity index (χ3v) is 5.15. The first-order chi connectivity index (χ1) is 10.3. The quantitative estimate of drug-likeness (QED) is 0.898. The Morgan fingerprint density at radius 3 is 2.71 bits per heavy atom. The van der Waals surface area contributed by atoms with E-state index in [1.807, 2.05) is 0 Å². The molecule has 1 saturated carbocycles. The fourth-order valence-electron chi connectivity index (χ4n) is 4.17. The topological polar surface area (TPSA) is 36.4 Å². The zero-order valence-electron chi connectivity index (χ0n) is 13.2. The first-order valence-electron chi connectivity index (χ1n) is 8.69. The van der Waals surface area contributed by atoms with Gasteiger partial charge in [-0.05, 0) is 55.7 Å². The largest absolute Gasteiger partial charge is 0.392 e. The van der Waals surface area contributed by atoms with Gasteiger partial charge in [-0.3, -0.25) is 0 Å². The predicted molar refractivity (Wildman–Crippen MR) is 86.5 cm³/mol. The number of hydrogen-bond acceptors (Lipinski definition) is 3. The van der Waals surface area contributed by atoms with Gasteiger partial charge in [-0.15, -0.1) is 0 Å². The number of rotatable bonds is 5. The van der Waals surface area contributed by atoms with Gasteiger partial charge in [-0.2, -0.15) is 0 Å². The molecule has 1 atom stereocenters. The van der Waals surface area contributed by atoms with Gasteiger partial charge >= 0.3 is 0 Å². The predicted octanol–water partition coefficient (Wildman–Crippen LogP) is 3.69. The maximum atomic E-state index is 9.53. The molecular formula is C18H28N2O. The Hall–Kier alpha value is -1.09. The van der Waals surface area contributed by atoms with E-state index in [1.54, 1.807) is 0 Å². The lowest BCUT2D eigenvalue weighted by Crippen LogP contribution is -2.35. The van der Waals surface area contributed by atoms with Crippen LogP contribution in [0, 0.1) is 5.92 Å². The molecule has 1 saturated heterocycles. The van der Waals surface area contributed by atoms with Crippen LogP contribution in [0.15, 0.2) is 12.1 Å². The Labute approximate surface area is 128 Å². The van der Waals surface area contributed by atoms with Crippen LogP contribution in [0.4, 0.5) is 5.82 Å². The van der Waals surface area contributed by atoms with E-state index in [0.717, 1.165) is 42.4 Å². The monoisotopic (exact) mass is 288 g/mol. The van der Waals surface area contributed by atoms with E-state index in [0.29, 0.717) is 6.04 Å². The molecule has 1 aromatic rings. The summed E-state index contributed by atoms with van der Waals surface area (Å²) in [4.78, 5) is 7.43. The molecular weight excluding hydrogens is 260 g/mol. The zero-order chi connectivity index (χ0) is 14.7. The minimum atomic E-state index is 0.119. The van der Waals surface area contributed by atoms with Gasteiger partial charge in [0.05, 0.1) is 6.61 Å². The van der Waals surface area contributed by atoms with Gasteiger partial charge in [-0.1, -0.05) is 26.2 Å². The number of nitrogens with zero attached hydrogens (tertiary/aromatic N) is 2.